The zero-order valence-corrected chi connectivity index (χ0v) is 28.2. The van der Waals surface area contributed by atoms with E-state index < -0.39 is 6.04 Å². The van der Waals surface area contributed by atoms with E-state index in [1.54, 1.807) is 24.4 Å². The Kier molecular flexibility index (Phi) is 8.98. The molecule has 248 valence electrons. The summed E-state index contributed by atoms with van der Waals surface area (Å²) in [5.41, 5.74) is 2.81. The van der Waals surface area contributed by atoms with Gasteiger partial charge in [0.1, 0.15) is 5.82 Å². The minimum atomic E-state index is -0.433. The standard InChI is InChI=1S/C36H43ClN6O4/c1-40(20-23-7-13-27(14-8-23)42-21-35(45)41(2)22-42)32-18-39-33(19-38-32)43-34(44)16-25-15-30(46-3)31(47-28-5-4-6-28)17-29(25)36(43)24-9-11-26(37)12-10-24/h9-12,15,17-19,23,27-28,36H,4-8,13-14,16,20-22H2,1-3H3/t23-,27-,36-/m0/s1. The van der Waals surface area contributed by atoms with Crippen molar-refractivity contribution >= 4 is 35.1 Å². The molecule has 2 amide bonds. The molecule has 3 fully saturated rings. The van der Waals surface area contributed by atoms with Crippen molar-refractivity contribution in [1.82, 2.24) is 19.8 Å². The first-order chi connectivity index (χ1) is 22.8. The monoisotopic (exact) mass is 658 g/mol. The van der Waals surface area contributed by atoms with Crippen molar-refractivity contribution in [3.8, 4) is 11.5 Å². The van der Waals surface area contributed by atoms with Gasteiger partial charge in [0.2, 0.25) is 11.8 Å². The van der Waals surface area contributed by atoms with Crippen molar-refractivity contribution in [2.75, 3.05) is 50.8 Å². The molecule has 0 radical (unpaired) electrons. The molecule has 0 spiro atoms. The maximum atomic E-state index is 13.9. The number of fused-ring (bicyclic) bond motifs is 1. The van der Waals surface area contributed by atoms with Gasteiger partial charge in [0.15, 0.2) is 17.3 Å². The van der Waals surface area contributed by atoms with Gasteiger partial charge in [0, 0.05) is 31.7 Å². The summed E-state index contributed by atoms with van der Waals surface area (Å²) < 4.78 is 12.1. The van der Waals surface area contributed by atoms with Crippen molar-refractivity contribution in [3.05, 3.63) is 70.5 Å². The molecule has 3 heterocycles. The van der Waals surface area contributed by atoms with Gasteiger partial charge in [-0.05, 0) is 91.8 Å². The van der Waals surface area contributed by atoms with E-state index in [1.165, 1.54) is 6.42 Å². The summed E-state index contributed by atoms with van der Waals surface area (Å²) in [6, 6.07) is 11.7. The number of carbonyl (C=O) groups excluding carboxylic acids is 2. The molecule has 1 aromatic heterocycles. The van der Waals surface area contributed by atoms with E-state index in [1.807, 2.05) is 48.3 Å². The van der Waals surface area contributed by atoms with Crippen LogP contribution in [-0.2, 0) is 16.0 Å². The third kappa shape index (κ3) is 6.50. The Morgan fingerprint density at radius 1 is 0.957 bits per heavy atom. The van der Waals surface area contributed by atoms with Crippen LogP contribution >= 0.6 is 11.6 Å². The number of nitrogens with zero attached hydrogens (tertiary/aromatic N) is 6. The van der Waals surface area contributed by atoms with Crippen LogP contribution in [-0.4, -0.2) is 84.7 Å². The Morgan fingerprint density at radius 2 is 1.72 bits per heavy atom. The molecule has 1 atom stereocenters. The zero-order valence-electron chi connectivity index (χ0n) is 27.4. The number of amides is 2. The van der Waals surface area contributed by atoms with E-state index >= 15 is 0 Å². The first-order valence-corrected chi connectivity index (χ1v) is 17.1. The van der Waals surface area contributed by atoms with Gasteiger partial charge < -0.3 is 19.3 Å². The number of benzene rings is 2. The Bertz CT molecular complexity index is 1610. The largest absolute Gasteiger partial charge is 0.493 e. The molecule has 0 N–H and O–H groups in total. The van der Waals surface area contributed by atoms with E-state index in [0.29, 0.717) is 40.8 Å². The average Bonchev–Trinajstić information content (AvgIpc) is 3.40. The number of anilines is 2. The summed E-state index contributed by atoms with van der Waals surface area (Å²) in [7, 11) is 5.57. The lowest BCUT2D eigenvalue weighted by Crippen LogP contribution is -2.41. The first kappa shape index (κ1) is 31.7. The van der Waals surface area contributed by atoms with E-state index in [2.05, 4.69) is 16.8 Å². The van der Waals surface area contributed by atoms with Crippen molar-refractivity contribution in [2.24, 2.45) is 5.92 Å². The Morgan fingerprint density at radius 3 is 2.34 bits per heavy atom. The summed E-state index contributed by atoms with van der Waals surface area (Å²) in [4.78, 5) is 43.6. The van der Waals surface area contributed by atoms with Crippen molar-refractivity contribution in [1.29, 1.82) is 0 Å². The molecule has 0 bridgehead atoms. The number of ether oxygens (including phenoxy) is 2. The number of aromatic nitrogens is 2. The lowest BCUT2D eigenvalue weighted by Gasteiger charge is -2.38. The molecule has 2 aromatic carbocycles. The quantitative estimate of drug-likeness (QED) is 0.299. The molecule has 7 rings (SSSR count). The van der Waals surface area contributed by atoms with Crippen LogP contribution in [0.5, 0.6) is 11.5 Å². The Balaban J connectivity index is 1.10. The average molecular weight is 659 g/mol. The molecule has 47 heavy (non-hydrogen) atoms. The molecular weight excluding hydrogens is 616 g/mol. The zero-order chi connectivity index (χ0) is 32.7. The smallest absolute Gasteiger partial charge is 0.237 e. The molecular formula is C36H43ClN6O4. The number of hydrogen-bond acceptors (Lipinski definition) is 8. The molecule has 4 aliphatic rings. The van der Waals surface area contributed by atoms with Crippen LogP contribution in [0.25, 0.3) is 0 Å². The normalized spacial score (nSPS) is 23.4. The number of carbonyl (C=O) groups is 2. The fraction of sp³-hybridized carbons (Fsp3) is 0.500. The Labute approximate surface area is 281 Å². The SMILES string of the molecule is COc1cc2c(cc1OC1CCC1)[C@H](c1ccc(Cl)cc1)N(c1cnc(N(C)C[C@H]3CC[C@H](N4CC(=O)N(C)C4)CC3)cn1)C(=O)C2. The highest BCUT2D eigenvalue weighted by molar-refractivity contribution is 6.30. The molecule has 0 unspecified atom stereocenters. The number of hydrogen-bond donors (Lipinski definition) is 0. The maximum absolute atomic E-state index is 13.9. The van der Waals surface area contributed by atoms with Crippen molar-refractivity contribution in [2.45, 2.75) is 69.6 Å². The van der Waals surface area contributed by atoms with Gasteiger partial charge >= 0.3 is 0 Å². The summed E-state index contributed by atoms with van der Waals surface area (Å²) >= 11 is 6.28. The van der Waals surface area contributed by atoms with E-state index in [0.717, 1.165) is 74.2 Å². The summed E-state index contributed by atoms with van der Waals surface area (Å²) in [6.45, 7) is 2.17. The second kappa shape index (κ2) is 13.3. The maximum Gasteiger partial charge on any atom is 0.237 e. The lowest BCUT2D eigenvalue weighted by molar-refractivity contribution is -0.125. The van der Waals surface area contributed by atoms with Gasteiger partial charge in [-0.3, -0.25) is 19.4 Å². The van der Waals surface area contributed by atoms with Crippen molar-refractivity contribution < 1.29 is 19.1 Å². The lowest BCUT2D eigenvalue weighted by atomic mass is 9.85. The van der Waals surface area contributed by atoms with Gasteiger partial charge in [-0.25, -0.2) is 9.97 Å². The first-order valence-electron chi connectivity index (χ1n) is 16.7. The Hall–Kier alpha value is -3.89. The van der Waals surface area contributed by atoms with Gasteiger partial charge in [-0.1, -0.05) is 23.7 Å². The van der Waals surface area contributed by atoms with Crippen LogP contribution in [0.2, 0.25) is 5.02 Å². The molecule has 2 aliphatic carbocycles. The highest BCUT2D eigenvalue weighted by atomic mass is 35.5. The number of rotatable bonds is 9. The fourth-order valence-corrected chi connectivity index (χ4v) is 7.59. The van der Waals surface area contributed by atoms with Gasteiger partial charge in [-0.2, -0.15) is 0 Å². The van der Waals surface area contributed by atoms with E-state index in [9.17, 15) is 9.59 Å². The topological polar surface area (TPSA) is 91.3 Å². The number of methoxy groups -OCH3 is 1. The molecule has 11 heteroatoms. The van der Waals surface area contributed by atoms with Crippen LogP contribution in [0.3, 0.4) is 0 Å². The third-order valence-electron chi connectivity index (χ3n) is 10.4. The minimum absolute atomic E-state index is 0.0646. The van der Waals surface area contributed by atoms with Gasteiger partial charge in [-0.15, -0.1) is 0 Å². The fourth-order valence-electron chi connectivity index (χ4n) is 7.46. The predicted molar refractivity (Wildman–Crippen MR) is 181 cm³/mol. The molecule has 3 aromatic rings. The van der Waals surface area contributed by atoms with E-state index in [-0.39, 0.29) is 24.3 Å². The molecule has 2 saturated carbocycles. The summed E-state index contributed by atoms with van der Waals surface area (Å²) in [6.07, 6.45) is 11.6. The predicted octanol–water partition coefficient (Wildman–Crippen LogP) is 5.48. The van der Waals surface area contributed by atoms with Gasteiger partial charge in [0.25, 0.3) is 0 Å². The third-order valence-corrected chi connectivity index (χ3v) is 10.7. The van der Waals surface area contributed by atoms with Crippen LogP contribution in [0.1, 0.15) is 67.7 Å². The van der Waals surface area contributed by atoms with Crippen LogP contribution in [0.15, 0.2) is 48.8 Å². The van der Waals surface area contributed by atoms with E-state index in [4.69, 9.17) is 31.0 Å². The number of halogens is 1. The number of likely N-dealkylation sites (N-methyl/N-ethyl adjacent to an activating group) is 1. The van der Waals surface area contributed by atoms with Crippen LogP contribution < -0.4 is 19.3 Å². The highest BCUT2D eigenvalue weighted by Gasteiger charge is 2.38. The van der Waals surface area contributed by atoms with Crippen LogP contribution in [0.4, 0.5) is 11.6 Å². The second-order valence-corrected chi connectivity index (χ2v) is 14.0. The highest BCUT2D eigenvalue weighted by Crippen LogP contribution is 2.44. The molecule has 1 saturated heterocycles. The van der Waals surface area contributed by atoms with Crippen molar-refractivity contribution in [3.63, 3.8) is 0 Å². The van der Waals surface area contributed by atoms with Crippen LogP contribution in [0, 0.1) is 5.92 Å². The summed E-state index contributed by atoms with van der Waals surface area (Å²) in [5, 5.41) is 0.630. The molecule has 10 nitrogen and oxygen atoms in total. The second-order valence-electron chi connectivity index (χ2n) is 13.5. The minimum Gasteiger partial charge on any atom is -0.493 e. The summed E-state index contributed by atoms with van der Waals surface area (Å²) in [5.74, 6) is 3.32. The van der Waals surface area contributed by atoms with Gasteiger partial charge in [0.05, 0.1) is 51.3 Å². The molecule has 2 aliphatic heterocycles.